The Balaban J connectivity index is 1.87. The van der Waals surface area contributed by atoms with E-state index in [1.807, 2.05) is 30.3 Å². The molecule has 0 spiro atoms. The minimum Gasteiger partial charge on any atom is -0.365 e. The van der Waals surface area contributed by atoms with Gasteiger partial charge in [-0.25, -0.2) is 0 Å². The first-order valence-electron chi connectivity index (χ1n) is 5.62. The average molecular weight is 236 g/mol. The highest BCUT2D eigenvalue weighted by atomic mass is 16.7. The van der Waals surface area contributed by atoms with E-state index in [4.69, 9.17) is 14.2 Å². The monoisotopic (exact) mass is 236 g/mol. The molecular formula is C13H16O4. The first kappa shape index (κ1) is 12.2. The molecule has 1 aliphatic heterocycles. The first-order chi connectivity index (χ1) is 8.29. The van der Waals surface area contributed by atoms with E-state index in [9.17, 15) is 4.79 Å². The summed E-state index contributed by atoms with van der Waals surface area (Å²) in [6.45, 7) is 0.506. The number of Topliss-reactive ketones (excluding diaryl/α,β-unsaturated/α-hetero) is 1. The van der Waals surface area contributed by atoms with Gasteiger partial charge in [0.15, 0.2) is 12.1 Å². The lowest BCUT2D eigenvalue weighted by molar-refractivity contribution is -0.187. The molecule has 0 amide bonds. The quantitative estimate of drug-likeness (QED) is 0.795. The maximum atomic E-state index is 11.6. The molecule has 1 aromatic carbocycles. The zero-order valence-corrected chi connectivity index (χ0v) is 9.80. The first-order valence-corrected chi connectivity index (χ1v) is 5.62. The summed E-state index contributed by atoms with van der Waals surface area (Å²) >= 11 is 0. The van der Waals surface area contributed by atoms with Crippen molar-refractivity contribution in [1.82, 2.24) is 0 Å². The van der Waals surface area contributed by atoms with E-state index >= 15 is 0 Å². The second kappa shape index (κ2) is 5.91. The zero-order valence-electron chi connectivity index (χ0n) is 9.80. The summed E-state index contributed by atoms with van der Waals surface area (Å²) in [5, 5.41) is 0. The molecule has 0 radical (unpaired) electrons. The Morgan fingerprint density at radius 3 is 2.82 bits per heavy atom. The third-order valence-corrected chi connectivity index (χ3v) is 2.73. The fourth-order valence-corrected chi connectivity index (χ4v) is 1.74. The Labute approximate surface area is 100 Å². The topological polar surface area (TPSA) is 44.8 Å². The van der Waals surface area contributed by atoms with Gasteiger partial charge in [0.25, 0.3) is 0 Å². The minimum atomic E-state index is -0.422. The summed E-state index contributed by atoms with van der Waals surface area (Å²) < 4.78 is 15.8. The van der Waals surface area contributed by atoms with E-state index in [1.54, 1.807) is 7.11 Å². The van der Waals surface area contributed by atoms with Crippen LogP contribution in [-0.2, 0) is 25.6 Å². The SMILES string of the molecule is CO[C@H]1C[C@H](OCc2ccccc2)C(=O)CO1. The molecule has 1 heterocycles. The van der Waals surface area contributed by atoms with Gasteiger partial charge in [0.1, 0.15) is 12.7 Å². The fraction of sp³-hybridized carbons (Fsp3) is 0.462. The number of benzene rings is 1. The Morgan fingerprint density at radius 1 is 1.35 bits per heavy atom. The summed E-state index contributed by atoms with van der Waals surface area (Å²) in [5.41, 5.74) is 1.06. The summed E-state index contributed by atoms with van der Waals surface area (Å²) in [4.78, 5) is 11.6. The molecule has 1 aliphatic rings. The van der Waals surface area contributed by atoms with Gasteiger partial charge in [0.2, 0.25) is 0 Å². The smallest absolute Gasteiger partial charge is 0.187 e. The Bertz CT molecular complexity index is 363. The second-order valence-corrected chi connectivity index (χ2v) is 3.96. The normalized spacial score (nSPS) is 24.9. The Morgan fingerprint density at radius 2 is 2.12 bits per heavy atom. The molecule has 0 saturated carbocycles. The number of hydrogen-bond donors (Lipinski definition) is 0. The lowest BCUT2D eigenvalue weighted by Crippen LogP contribution is -2.40. The van der Waals surface area contributed by atoms with Gasteiger partial charge in [-0.05, 0) is 5.56 Å². The van der Waals surface area contributed by atoms with Gasteiger partial charge in [0, 0.05) is 13.5 Å². The van der Waals surface area contributed by atoms with Crippen LogP contribution in [0, 0.1) is 0 Å². The molecule has 0 N–H and O–H groups in total. The number of carbonyl (C=O) groups excluding carboxylic acids is 1. The van der Waals surface area contributed by atoms with E-state index in [2.05, 4.69) is 0 Å². The van der Waals surface area contributed by atoms with Crippen molar-refractivity contribution in [3.05, 3.63) is 35.9 Å². The van der Waals surface area contributed by atoms with Crippen LogP contribution in [0.1, 0.15) is 12.0 Å². The maximum Gasteiger partial charge on any atom is 0.187 e. The molecular weight excluding hydrogens is 220 g/mol. The number of carbonyl (C=O) groups is 1. The fourth-order valence-electron chi connectivity index (χ4n) is 1.74. The van der Waals surface area contributed by atoms with E-state index in [0.29, 0.717) is 13.0 Å². The van der Waals surface area contributed by atoms with E-state index in [-0.39, 0.29) is 18.7 Å². The molecule has 92 valence electrons. The largest absolute Gasteiger partial charge is 0.365 e. The van der Waals surface area contributed by atoms with Crippen molar-refractivity contribution >= 4 is 5.78 Å². The summed E-state index contributed by atoms with van der Waals surface area (Å²) in [6, 6.07) is 9.78. The van der Waals surface area contributed by atoms with Crippen molar-refractivity contribution in [2.75, 3.05) is 13.7 Å². The van der Waals surface area contributed by atoms with Gasteiger partial charge in [0.05, 0.1) is 6.61 Å². The highest BCUT2D eigenvalue weighted by molar-refractivity contribution is 5.84. The number of rotatable bonds is 4. The molecule has 1 aromatic rings. The summed E-state index contributed by atoms with van der Waals surface area (Å²) in [6.07, 6.45) is -0.301. The van der Waals surface area contributed by atoms with Crippen LogP contribution in [0.2, 0.25) is 0 Å². The molecule has 0 aliphatic carbocycles. The van der Waals surface area contributed by atoms with E-state index in [1.165, 1.54) is 0 Å². The van der Waals surface area contributed by atoms with Gasteiger partial charge in [-0.15, -0.1) is 0 Å². The van der Waals surface area contributed by atoms with Crippen molar-refractivity contribution < 1.29 is 19.0 Å². The van der Waals surface area contributed by atoms with E-state index < -0.39 is 6.10 Å². The number of ketones is 1. The lowest BCUT2D eigenvalue weighted by Gasteiger charge is -2.27. The number of methoxy groups -OCH3 is 1. The van der Waals surface area contributed by atoms with Crippen molar-refractivity contribution in [3.8, 4) is 0 Å². The van der Waals surface area contributed by atoms with Crippen LogP contribution in [0.15, 0.2) is 30.3 Å². The zero-order chi connectivity index (χ0) is 12.1. The van der Waals surface area contributed by atoms with Crippen LogP contribution in [0.3, 0.4) is 0 Å². The molecule has 1 saturated heterocycles. The van der Waals surface area contributed by atoms with Crippen LogP contribution < -0.4 is 0 Å². The van der Waals surface area contributed by atoms with E-state index in [0.717, 1.165) is 5.56 Å². The molecule has 1 fully saturated rings. The molecule has 2 atom stereocenters. The van der Waals surface area contributed by atoms with Gasteiger partial charge < -0.3 is 14.2 Å². The highest BCUT2D eigenvalue weighted by Crippen LogP contribution is 2.16. The summed E-state index contributed by atoms with van der Waals surface area (Å²) in [5.74, 6) is -0.0192. The summed E-state index contributed by atoms with van der Waals surface area (Å²) in [7, 11) is 1.56. The molecule has 2 rings (SSSR count). The molecule has 0 aromatic heterocycles. The number of hydrogen-bond acceptors (Lipinski definition) is 4. The lowest BCUT2D eigenvalue weighted by atomic mass is 10.1. The molecule has 4 nitrogen and oxygen atoms in total. The molecule has 17 heavy (non-hydrogen) atoms. The predicted octanol–water partition coefficient (Wildman–Crippen LogP) is 1.53. The standard InChI is InChI=1S/C13H16O4/c1-15-13-7-12(11(14)9-17-13)16-8-10-5-3-2-4-6-10/h2-6,12-13H,7-9H2,1H3/t12-,13+/m0/s1. The van der Waals surface area contributed by atoms with Crippen molar-refractivity contribution in [2.45, 2.75) is 25.4 Å². The Kier molecular flexibility index (Phi) is 4.25. The van der Waals surface area contributed by atoms with Gasteiger partial charge >= 0.3 is 0 Å². The average Bonchev–Trinajstić information content (AvgIpc) is 2.39. The van der Waals surface area contributed by atoms with Gasteiger partial charge in [-0.3, -0.25) is 4.79 Å². The van der Waals surface area contributed by atoms with Gasteiger partial charge in [-0.2, -0.15) is 0 Å². The van der Waals surface area contributed by atoms with Crippen molar-refractivity contribution in [2.24, 2.45) is 0 Å². The predicted molar refractivity (Wildman–Crippen MR) is 61.4 cm³/mol. The van der Waals surface area contributed by atoms with Crippen LogP contribution in [0.5, 0.6) is 0 Å². The van der Waals surface area contributed by atoms with Crippen LogP contribution >= 0.6 is 0 Å². The van der Waals surface area contributed by atoms with Crippen LogP contribution in [0.4, 0.5) is 0 Å². The maximum absolute atomic E-state index is 11.6. The third-order valence-electron chi connectivity index (χ3n) is 2.73. The Hall–Kier alpha value is -1.23. The third kappa shape index (κ3) is 3.36. The minimum absolute atomic E-state index is 0.0192. The van der Waals surface area contributed by atoms with Crippen molar-refractivity contribution in [1.29, 1.82) is 0 Å². The molecule has 0 bridgehead atoms. The van der Waals surface area contributed by atoms with Crippen LogP contribution in [-0.4, -0.2) is 31.9 Å². The van der Waals surface area contributed by atoms with Gasteiger partial charge in [-0.1, -0.05) is 30.3 Å². The molecule has 0 unspecified atom stereocenters. The molecule has 4 heteroatoms. The number of ether oxygens (including phenoxy) is 3. The second-order valence-electron chi connectivity index (χ2n) is 3.96. The van der Waals surface area contributed by atoms with Crippen LogP contribution in [0.25, 0.3) is 0 Å². The van der Waals surface area contributed by atoms with Crippen molar-refractivity contribution in [3.63, 3.8) is 0 Å². The highest BCUT2D eigenvalue weighted by Gasteiger charge is 2.29.